The Morgan fingerprint density at radius 2 is 2.00 bits per heavy atom. The molecule has 104 valence electrons. The standard InChI is InChI=1S/C16H17ClN2O/c1-2-6-14(12-7-4-3-5-8-12)19-16(20)13-9-10-15(17)18-11-13/h3-5,7-11,14H,2,6H2,1H3,(H,19,20). The van der Waals surface area contributed by atoms with Crippen molar-refractivity contribution in [3.8, 4) is 0 Å². The van der Waals surface area contributed by atoms with Crippen LogP contribution in [0.3, 0.4) is 0 Å². The molecule has 0 saturated heterocycles. The summed E-state index contributed by atoms with van der Waals surface area (Å²) in [6.07, 6.45) is 3.39. The third-order valence-electron chi connectivity index (χ3n) is 3.07. The van der Waals surface area contributed by atoms with Gasteiger partial charge in [0.15, 0.2) is 0 Å². The van der Waals surface area contributed by atoms with E-state index in [4.69, 9.17) is 11.6 Å². The van der Waals surface area contributed by atoms with Crippen LogP contribution in [0.1, 0.15) is 41.7 Å². The summed E-state index contributed by atoms with van der Waals surface area (Å²) >= 11 is 5.72. The Kier molecular flexibility index (Phi) is 5.13. The van der Waals surface area contributed by atoms with Crippen molar-refractivity contribution in [2.24, 2.45) is 0 Å². The molecule has 20 heavy (non-hydrogen) atoms. The lowest BCUT2D eigenvalue weighted by Crippen LogP contribution is -2.28. The first-order valence-corrected chi connectivity index (χ1v) is 7.06. The van der Waals surface area contributed by atoms with E-state index in [1.165, 1.54) is 6.20 Å². The lowest BCUT2D eigenvalue weighted by molar-refractivity contribution is 0.0934. The molecule has 4 heteroatoms. The number of pyridine rings is 1. The average Bonchev–Trinajstić information content (AvgIpc) is 2.48. The van der Waals surface area contributed by atoms with Crippen molar-refractivity contribution in [3.63, 3.8) is 0 Å². The maximum atomic E-state index is 12.2. The number of nitrogens with zero attached hydrogens (tertiary/aromatic N) is 1. The van der Waals surface area contributed by atoms with Crippen LogP contribution in [-0.2, 0) is 0 Å². The van der Waals surface area contributed by atoms with Crippen molar-refractivity contribution in [2.75, 3.05) is 0 Å². The first-order chi connectivity index (χ1) is 9.70. The van der Waals surface area contributed by atoms with Crippen LogP contribution in [0.15, 0.2) is 48.7 Å². The minimum absolute atomic E-state index is 0.0179. The fourth-order valence-corrected chi connectivity index (χ4v) is 2.16. The molecule has 0 spiro atoms. The molecule has 0 aliphatic rings. The molecule has 2 aromatic rings. The van der Waals surface area contributed by atoms with Gasteiger partial charge in [-0.1, -0.05) is 55.3 Å². The normalized spacial score (nSPS) is 11.9. The van der Waals surface area contributed by atoms with Gasteiger partial charge in [0.1, 0.15) is 5.15 Å². The second-order valence-electron chi connectivity index (χ2n) is 4.60. The van der Waals surface area contributed by atoms with Gasteiger partial charge >= 0.3 is 0 Å². The van der Waals surface area contributed by atoms with Gasteiger partial charge in [-0.3, -0.25) is 4.79 Å². The zero-order valence-electron chi connectivity index (χ0n) is 11.3. The number of hydrogen-bond acceptors (Lipinski definition) is 2. The van der Waals surface area contributed by atoms with Gasteiger partial charge in [-0.25, -0.2) is 4.98 Å². The summed E-state index contributed by atoms with van der Waals surface area (Å²) < 4.78 is 0. The quantitative estimate of drug-likeness (QED) is 0.845. The summed E-state index contributed by atoms with van der Waals surface area (Å²) in [6.45, 7) is 2.10. The topological polar surface area (TPSA) is 42.0 Å². The molecular weight excluding hydrogens is 272 g/mol. The molecule has 3 nitrogen and oxygen atoms in total. The molecule has 1 atom stereocenters. The van der Waals surface area contributed by atoms with Gasteiger partial charge in [0.25, 0.3) is 5.91 Å². The molecule has 2 rings (SSSR count). The number of halogens is 1. The Bertz CT molecular complexity index is 554. The monoisotopic (exact) mass is 288 g/mol. The molecule has 1 heterocycles. The Hall–Kier alpha value is -1.87. The van der Waals surface area contributed by atoms with Crippen LogP contribution in [0.2, 0.25) is 5.15 Å². The molecule has 1 N–H and O–H groups in total. The van der Waals surface area contributed by atoms with E-state index in [1.807, 2.05) is 30.3 Å². The Labute approximate surface area is 124 Å². The highest BCUT2D eigenvalue weighted by atomic mass is 35.5. The van der Waals surface area contributed by atoms with Crippen molar-refractivity contribution in [3.05, 3.63) is 64.9 Å². The summed E-state index contributed by atoms with van der Waals surface area (Å²) in [5, 5.41) is 3.43. The Balaban J connectivity index is 2.12. The second-order valence-corrected chi connectivity index (χ2v) is 4.98. The summed E-state index contributed by atoms with van der Waals surface area (Å²) in [5.74, 6) is -0.128. The lowest BCUT2D eigenvalue weighted by Gasteiger charge is -2.18. The molecule has 0 fully saturated rings. The van der Waals surface area contributed by atoms with Crippen LogP contribution in [0.5, 0.6) is 0 Å². The van der Waals surface area contributed by atoms with Gasteiger partial charge in [-0.2, -0.15) is 0 Å². The Morgan fingerprint density at radius 3 is 2.60 bits per heavy atom. The van der Waals surface area contributed by atoms with Crippen LogP contribution < -0.4 is 5.32 Å². The largest absolute Gasteiger partial charge is 0.345 e. The van der Waals surface area contributed by atoms with Gasteiger partial charge in [0.2, 0.25) is 0 Å². The number of nitrogens with one attached hydrogen (secondary N) is 1. The second kappa shape index (κ2) is 7.06. The number of hydrogen-bond donors (Lipinski definition) is 1. The van der Waals surface area contributed by atoms with Crippen molar-refractivity contribution in [1.82, 2.24) is 10.3 Å². The minimum atomic E-state index is -0.128. The lowest BCUT2D eigenvalue weighted by atomic mass is 10.0. The minimum Gasteiger partial charge on any atom is -0.345 e. The molecule has 0 bridgehead atoms. The van der Waals surface area contributed by atoms with Gasteiger partial charge < -0.3 is 5.32 Å². The fourth-order valence-electron chi connectivity index (χ4n) is 2.05. The van der Waals surface area contributed by atoms with Crippen LogP contribution in [-0.4, -0.2) is 10.9 Å². The van der Waals surface area contributed by atoms with E-state index in [0.717, 1.165) is 18.4 Å². The fraction of sp³-hybridized carbons (Fsp3) is 0.250. The van der Waals surface area contributed by atoms with Crippen LogP contribution in [0, 0.1) is 0 Å². The number of rotatable bonds is 5. The molecular formula is C16H17ClN2O. The van der Waals surface area contributed by atoms with Crippen molar-refractivity contribution >= 4 is 17.5 Å². The van der Waals surface area contributed by atoms with Crippen molar-refractivity contribution in [1.29, 1.82) is 0 Å². The zero-order valence-corrected chi connectivity index (χ0v) is 12.1. The summed E-state index contributed by atoms with van der Waals surface area (Å²) in [7, 11) is 0. The van der Waals surface area contributed by atoms with Gasteiger partial charge in [0, 0.05) is 6.20 Å². The van der Waals surface area contributed by atoms with E-state index < -0.39 is 0 Å². The molecule has 0 aliphatic carbocycles. The SMILES string of the molecule is CCCC(NC(=O)c1ccc(Cl)nc1)c1ccccc1. The first-order valence-electron chi connectivity index (χ1n) is 6.68. The summed E-state index contributed by atoms with van der Waals surface area (Å²) in [6, 6.07) is 13.3. The van der Waals surface area contributed by atoms with E-state index in [9.17, 15) is 4.79 Å². The number of carbonyl (C=O) groups excluding carboxylic acids is 1. The molecule has 0 radical (unpaired) electrons. The summed E-state index contributed by atoms with van der Waals surface area (Å²) in [4.78, 5) is 16.2. The molecule has 0 saturated carbocycles. The maximum absolute atomic E-state index is 12.2. The zero-order chi connectivity index (χ0) is 14.4. The van der Waals surface area contributed by atoms with Crippen molar-refractivity contribution in [2.45, 2.75) is 25.8 Å². The molecule has 1 aromatic carbocycles. The number of benzene rings is 1. The van der Waals surface area contributed by atoms with Crippen molar-refractivity contribution < 1.29 is 4.79 Å². The van der Waals surface area contributed by atoms with Gasteiger partial charge in [-0.15, -0.1) is 0 Å². The predicted octanol–water partition coefficient (Wildman–Crippen LogP) is 4.01. The highest BCUT2D eigenvalue weighted by molar-refractivity contribution is 6.29. The van der Waals surface area contributed by atoms with E-state index in [2.05, 4.69) is 17.2 Å². The highest BCUT2D eigenvalue weighted by Gasteiger charge is 2.14. The van der Waals surface area contributed by atoms with Gasteiger partial charge in [0.05, 0.1) is 11.6 Å². The van der Waals surface area contributed by atoms with Crippen LogP contribution in [0.25, 0.3) is 0 Å². The third kappa shape index (κ3) is 3.81. The Morgan fingerprint density at radius 1 is 1.25 bits per heavy atom. The molecule has 1 amide bonds. The maximum Gasteiger partial charge on any atom is 0.253 e. The van der Waals surface area contributed by atoms with Gasteiger partial charge in [-0.05, 0) is 24.1 Å². The van der Waals surface area contributed by atoms with E-state index in [-0.39, 0.29) is 11.9 Å². The van der Waals surface area contributed by atoms with Crippen LogP contribution in [0.4, 0.5) is 0 Å². The molecule has 0 aliphatic heterocycles. The average molecular weight is 289 g/mol. The predicted molar refractivity (Wildman–Crippen MR) is 80.8 cm³/mol. The molecule has 1 aromatic heterocycles. The van der Waals surface area contributed by atoms with E-state index in [1.54, 1.807) is 12.1 Å². The summed E-state index contributed by atoms with van der Waals surface area (Å²) in [5.41, 5.74) is 1.64. The van der Waals surface area contributed by atoms with Crippen LogP contribution >= 0.6 is 11.6 Å². The highest BCUT2D eigenvalue weighted by Crippen LogP contribution is 2.19. The number of amides is 1. The molecule has 1 unspecified atom stereocenters. The smallest absolute Gasteiger partial charge is 0.253 e. The van der Waals surface area contributed by atoms with E-state index in [0.29, 0.717) is 10.7 Å². The number of carbonyl (C=O) groups is 1. The third-order valence-corrected chi connectivity index (χ3v) is 3.30. The van der Waals surface area contributed by atoms with E-state index >= 15 is 0 Å². The first kappa shape index (κ1) is 14.5. The number of aromatic nitrogens is 1.